The number of esters is 1. The standard InChI is InChI=1S/C14H16N4O3/c1-9-3-4-10(14(20)21-2)7-11(9)16-13(19)8-18-6-5-12(15)17-18/h3-7H,8H2,1-2H3,(H2,15,17)(H,16,19). The predicted molar refractivity (Wildman–Crippen MR) is 77.8 cm³/mol. The summed E-state index contributed by atoms with van der Waals surface area (Å²) in [6.45, 7) is 1.88. The first-order valence-electron chi connectivity index (χ1n) is 6.27. The van der Waals surface area contributed by atoms with Crippen LogP contribution in [0.15, 0.2) is 30.5 Å². The van der Waals surface area contributed by atoms with Gasteiger partial charge in [-0.15, -0.1) is 0 Å². The van der Waals surface area contributed by atoms with Crippen LogP contribution >= 0.6 is 0 Å². The van der Waals surface area contributed by atoms with Gasteiger partial charge in [0.25, 0.3) is 0 Å². The number of rotatable bonds is 4. The minimum Gasteiger partial charge on any atom is -0.465 e. The molecule has 0 bridgehead atoms. The molecule has 0 aliphatic heterocycles. The first kappa shape index (κ1) is 14.6. The summed E-state index contributed by atoms with van der Waals surface area (Å²) in [7, 11) is 1.31. The van der Waals surface area contributed by atoms with Crippen molar-refractivity contribution in [1.82, 2.24) is 9.78 Å². The van der Waals surface area contributed by atoms with Gasteiger partial charge in [0.2, 0.25) is 5.91 Å². The molecule has 0 aliphatic rings. The van der Waals surface area contributed by atoms with Crippen molar-refractivity contribution in [3.63, 3.8) is 0 Å². The normalized spacial score (nSPS) is 10.2. The summed E-state index contributed by atoms with van der Waals surface area (Å²) in [6, 6.07) is 6.58. The molecule has 1 amide bonds. The van der Waals surface area contributed by atoms with Crippen molar-refractivity contribution in [1.29, 1.82) is 0 Å². The fourth-order valence-corrected chi connectivity index (χ4v) is 1.80. The van der Waals surface area contributed by atoms with E-state index in [2.05, 4.69) is 15.2 Å². The number of nitrogens with zero attached hydrogens (tertiary/aromatic N) is 2. The number of anilines is 2. The summed E-state index contributed by atoms with van der Waals surface area (Å²) >= 11 is 0. The van der Waals surface area contributed by atoms with Crippen molar-refractivity contribution in [3.8, 4) is 0 Å². The Bertz CT molecular complexity index is 679. The molecule has 0 aliphatic carbocycles. The lowest BCUT2D eigenvalue weighted by Gasteiger charge is -2.10. The molecule has 0 radical (unpaired) electrons. The average molecular weight is 288 g/mol. The Hall–Kier alpha value is -2.83. The Labute approximate surface area is 121 Å². The molecular formula is C14H16N4O3. The zero-order chi connectivity index (χ0) is 15.4. The quantitative estimate of drug-likeness (QED) is 0.823. The van der Waals surface area contributed by atoms with Gasteiger partial charge in [-0.25, -0.2) is 4.79 Å². The van der Waals surface area contributed by atoms with Crippen molar-refractivity contribution >= 4 is 23.4 Å². The number of aryl methyl sites for hydroxylation is 1. The first-order valence-corrected chi connectivity index (χ1v) is 6.27. The van der Waals surface area contributed by atoms with Crippen LogP contribution in [0.25, 0.3) is 0 Å². The Morgan fingerprint density at radius 1 is 1.38 bits per heavy atom. The second-order valence-electron chi connectivity index (χ2n) is 4.51. The van der Waals surface area contributed by atoms with Crippen LogP contribution in [0.3, 0.4) is 0 Å². The third-order valence-electron chi connectivity index (χ3n) is 2.90. The van der Waals surface area contributed by atoms with E-state index in [1.54, 1.807) is 30.5 Å². The lowest BCUT2D eigenvalue weighted by atomic mass is 10.1. The molecule has 7 nitrogen and oxygen atoms in total. The van der Waals surface area contributed by atoms with Crippen LogP contribution in [0.1, 0.15) is 15.9 Å². The maximum Gasteiger partial charge on any atom is 0.337 e. The molecule has 2 aromatic rings. The van der Waals surface area contributed by atoms with Gasteiger partial charge in [0.05, 0.1) is 12.7 Å². The summed E-state index contributed by atoms with van der Waals surface area (Å²) in [6.07, 6.45) is 1.62. The number of aromatic nitrogens is 2. The van der Waals surface area contributed by atoms with Gasteiger partial charge >= 0.3 is 5.97 Å². The van der Waals surface area contributed by atoms with E-state index in [0.29, 0.717) is 17.1 Å². The van der Waals surface area contributed by atoms with Gasteiger partial charge in [-0.3, -0.25) is 9.48 Å². The van der Waals surface area contributed by atoms with Crippen LogP contribution in [0, 0.1) is 6.92 Å². The topological polar surface area (TPSA) is 99.2 Å². The lowest BCUT2D eigenvalue weighted by Crippen LogP contribution is -2.20. The Morgan fingerprint density at radius 3 is 2.76 bits per heavy atom. The van der Waals surface area contributed by atoms with Gasteiger partial charge in [0.15, 0.2) is 0 Å². The highest BCUT2D eigenvalue weighted by Gasteiger charge is 2.11. The number of nitrogens with two attached hydrogens (primary N) is 1. The largest absolute Gasteiger partial charge is 0.465 e. The van der Waals surface area contributed by atoms with Gasteiger partial charge < -0.3 is 15.8 Å². The summed E-state index contributed by atoms with van der Waals surface area (Å²) in [5, 5.41) is 6.67. The van der Waals surface area contributed by atoms with Gasteiger partial charge in [0, 0.05) is 11.9 Å². The molecule has 0 fully saturated rings. The van der Waals surface area contributed by atoms with Crippen molar-refractivity contribution in [2.45, 2.75) is 13.5 Å². The number of methoxy groups -OCH3 is 1. The minimum atomic E-state index is -0.453. The molecule has 21 heavy (non-hydrogen) atoms. The number of hydrogen-bond donors (Lipinski definition) is 2. The van der Waals surface area contributed by atoms with Crippen LogP contribution in [0.4, 0.5) is 11.5 Å². The van der Waals surface area contributed by atoms with E-state index in [4.69, 9.17) is 5.73 Å². The lowest BCUT2D eigenvalue weighted by molar-refractivity contribution is -0.116. The molecule has 0 atom stereocenters. The summed E-state index contributed by atoms with van der Waals surface area (Å²) in [5.74, 6) is -0.361. The maximum absolute atomic E-state index is 12.0. The van der Waals surface area contributed by atoms with E-state index in [1.165, 1.54) is 11.8 Å². The monoisotopic (exact) mass is 288 g/mol. The number of carbonyl (C=O) groups excluding carboxylic acids is 2. The molecule has 1 heterocycles. The molecule has 0 saturated carbocycles. The van der Waals surface area contributed by atoms with Crippen molar-refractivity contribution < 1.29 is 14.3 Å². The third-order valence-corrected chi connectivity index (χ3v) is 2.90. The molecule has 7 heteroatoms. The molecule has 2 rings (SSSR count). The summed E-state index contributed by atoms with van der Waals surface area (Å²) < 4.78 is 6.09. The van der Waals surface area contributed by atoms with Crippen molar-refractivity contribution in [2.24, 2.45) is 0 Å². The molecule has 0 spiro atoms. The number of nitrogens with one attached hydrogen (secondary N) is 1. The van der Waals surface area contributed by atoms with Crippen LogP contribution in [-0.4, -0.2) is 28.8 Å². The summed E-state index contributed by atoms with van der Waals surface area (Å²) in [5.41, 5.74) is 7.26. The van der Waals surface area contributed by atoms with Crippen molar-refractivity contribution in [3.05, 3.63) is 41.6 Å². The van der Waals surface area contributed by atoms with E-state index < -0.39 is 5.97 Å². The maximum atomic E-state index is 12.0. The highest BCUT2D eigenvalue weighted by molar-refractivity contribution is 5.95. The molecule has 0 unspecified atom stereocenters. The van der Waals surface area contributed by atoms with Crippen LogP contribution in [0.5, 0.6) is 0 Å². The molecule has 1 aromatic heterocycles. The van der Waals surface area contributed by atoms with E-state index in [1.807, 2.05) is 6.92 Å². The Balaban J connectivity index is 2.11. The third kappa shape index (κ3) is 3.59. The zero-order valence-corrected chi connectivity index (χ0v) is 11.8. The molecular weight excluding hydrogens is 272 g/mol. The zero-order valence-electron chi connectivity index (χ0n) is 11.8. The second kappa shape index (κ2) is 6.08. The average Bonchev–Trinajstić information content (AvgIpc) is 2.85. The molecule has 0 saturated heterocycles. The second-order valence-corrected chi connectivity index (χ2v) is 4.51. The van der Waals surface area contributed by atoms with Gasteiger partial charge in [-0.05, 0) is 30.7 Å². The number of ether oxygens (including phenoxy) is 1. The van der Waals surface area contributed by atoms with E-state index >= 15 is 0 Å². The van der Waals surface area contributed by atoms with Crippen molar-refractivity contribution in [2.75, 3.05) is 18.2 Å². The van der Waals surface area contributed by atoms with Gasteiger partial charge in [-0.1, -0.05) is 6.07 Å². The molecule has 3 N–H and O–H groups in total. The minimum absolute atomic E-state index is 0.0408. The van der Waals surface area contributed by atoms with Crippen LogP contribution in [-0.2, 0) is 16.1 Å². The van der Waals surface area contributed by atoms with E-state index in [9.17, 15) is 9.59 Å². The fraction of sp³-hybridized carbons (Fsp3) is 0.214. The molecule has 1 aromatic carbocycles. The number of benzene rings is 1. The highest BCUT2D eigenvalue weighted by Crippen LogP contribution is 2.17. The molecule has 110 valence electrons. The van der Waals surface area contributed by atoms with E-state index in [0.717, 1.165) is 5.56 Å². The highest BCUT2D eigenvalue weighted by atomic mass is 16.5. The number of amides is 1. The van der Waals surface area contributed by atoms with Gasteiger partial charge in [-0.2, -0.15) is 5.10 Å². The number of nitrogen functional groups attached to an aromatic ring is 1. The van der Waals surface area contributed by atoms with Crippen LogP contribution < -0.4 is 11.1 Å². The Morgan fingerprint density at radius 2 is 2.14 bits per heavy atom. The number of carbonyl (C=O) groups is 2. The number of hydrogen-bond acceptors (Lipinski definition) is 5. The fourth-order valence-electron chi connectivity index (χ4n) is 1.80. The van der Waals surface area contributed by atoms with E-state index in [-0.39, 0.29) is 12.5 Å². The Kier molecular flexibility index (Phi) is 4.22. The van der Waals surface area contributed by atoms with Crippen LogP contribution in [0.2, 0.25) is 0 Å². The smallest absolute Gasteiger partial charge is 0.337 e. The summed E-state index contributed by atoms with van der Waals surface area (Å²) in [4.78, 5) is 23.5. The van der Waals surface area contributed by atoms with Gasteiger partial charge in [0.1, 0.15) is 12.4 Å². The first-order chi connectivity index (χ1) is 9.99. The predicted octanol–water partition coefficient (Wildman–Crippen LogP) is 1.20. The SMILES string of the molecule is COC(=O)c1ccc(C)c(NC(=O)Cn2ccc(N)n2)c1.